The Morgan fingerprint density at radius 2 is 2.29 bits per heavy atom. The van der Waals surface area contributed by atoms with Crippen molar-refractivity contribution in [2.45, 2.75) is 38.0 Å². The van der Waals surface area contributed by atoms with Gasteiger partial charge in [0, 0.05) is 5.56 Å². The fraction of sp³-hybridized carbons (Fsp3) is 0.500. The fourth-order valence-electron chi connectivity index (χ4n) is 1.97. The fourth-order valence-corrected chi connectivity index (χ4v) is 3.20. The molecule has 1 heterocycles. The molecule has 1 aliphatic rings. The summed E-state index contributed by atoms with van der Waals surface area (Å²) in [6, 6.07) is 7.54. The molecule has 0 radical (unpaired) electrons. The first-order valence-electron chi connectivity index (χ1n) is 6.09. The van der Waals surface area contributed by atoms with E-state index in [4.69, 9.17) is 4.74 Å². The lowest BCUT2D eigenvalue weighted by Gasteiger charge is -2.12. The van der Waals surface area contributed by atoms with E-state index in [1.54, 1.807) is 11.8 Å². The van der Waals surface area contributed by atoms with Gasteiger partial charge in [0.15, 0.2) is 5.78 Å². The van der Waals surface area contributed by atoms with Gasteiger partial charge in [0.05, 0.1) is 11.4 Å². The number of hydrogen-bond donors (Lipinski definition) is 0. The second-order valence-corrected chi connectivity index (χ2v) is 5.87. The number of carbonyl (C=O) groups excluding carboxylic acids is 1. The van der Waals surface area contributed by atoms with Crippen molar-refractivity contribution in [2.24, 2.45) is 0 Å². The van der Waals surface area contributed by atoms with Crippen molar-refractivity contribution in [1.29, 1.82) is 0 Å². The van der Waals surface area contributed by atoms with E-state index in [-0.39, 0.29) is 17.1 Å². The Morgan fingerprint density at radius 3 is 2.94 bits per heavy atom. The number of Topliss-reactive ketones (excluding diaryl/α,β-unsaturated/α-hetero) is 1. The summed E-state index contributed by atoms with van der Waals surface area (Å²) in [5.41, 5.74) is 0.780. The average molecular weight is 250 g/mol. The largest absolute Gasteiger partial charge is 0.491 e. The summed E-state index contributed by atoms with van der Waals surface area (Å²) in [5, 5.41) is 0.157. The van der Waals surface area contributed by atoms with Crippen LogP contribution in [-0.2, 0) is 0 Å². The molecular weight excluding hydrogens is 232 g/mol. The minimum absolute atomic E-state index is 0.140. The third kappa shape index (κ3) is 3.25. The Bertz CT molecular complexity index is 395. The van der Waals surface area contributed by atoms with E-state index >= 15 is 0 Å². The number of carbonyl (C=O) groups is 1. The number of hydrogen-bond acceptors (Lipinski definition) is 3. The lowest BCUT2D eigenvalue weighted by Crippen LogP contribution is -2.14. The predicted molar refractivity (Wildman–Crippen MR) is 72.0 cm³/mol. The van der Waals surface area contributed by atoms with Gasteiger partial charge in [-0.15, -0.1) is 0 Å². The molecule has 2 nitrogen and oxygen atoms in total. The molecule has 1 aromatic carbocycles. The monoisotopic (exact) mass is 250 g/mol. The Balaban J connectivity index is 2.12. The molecule has 1 fully saturated rings. The Morgan fingerprint density at radius 1 is 1.47 bits per heavy atom. The Labute approximate surface area is 107 Å². The zero-order valence-corrected chi connectivity index (χ0v) is 11.1. The minimum Gasteiger partial charge on any atom is -0.491 e. The molecule has 0 spiro atoms. The van der Waals surface area contributed by atoms with Crippen LogP contribution >= 0.6 is 11.8 Å². The molecule has 0 N–H and O–H groups in total. The molecule has 17 heavy (non-hydrogen) atoms. The Kier molecular flexibility index (Phi) is 4.11. The molecule has 1 aromatic rings. The van der Waals surface area contributed by atoms with Crippen LogP contribution in [0.4, 0.5) is 0 Å². The van der Waals surface area contributed by atoms with Crippen molar-refractivity contribution in [2.75, 3.05) is 5.75 Å². The van der Waals surface area contributed by atoms with Crippen molar-refractivity contribution in [3.63, 3.8) is 0 Å². The van der Waals surface area contributed by atoms with E-state index < -0.39 is 0 Å². The van der Waals surface area contributed by atoms with Crippen molar-refractivity contribution < 1.29 is 9.53 Å². The van der Waals surface area contributed by atoms with Crippen molar-refractivity contribution in [1.82, 2.24) is 0 Å². The first-order chi connectivity index (χ1) is 8.16. The van der Waals surface area contributed by atoms with Gasteiger partial charge in [-0.1, -0.05) is 12.1 Å². The quantitative estimate of drug-likeness (QED) is 0.764. The second kappa shape index (κ2) is 5.58. The summed E-state index contributed by atoms with van der Waals surface area (Å²) in [4.78, 5) is 12.2. The van der Waals surface area contributed by atoms with Crippen molar-refractivity contribution >= 4 is 17.5 Å². The van der Waals surface area contributed by atoms with Crippen LogP contribution in [0, 0.1) is 0 Å². The SMILES string of the molecule is CC(C)Oc1cccc(C(=O)C2CCCS2)c1. The van der Waals surface area contributed by atoms with E-state index in [0.29, 0.717) is 0 Å². The standard InChI is InChI=1S/C14H18O2S/c1-10(2)16-12-6-3-5-11(9-12)14(15)13-7-4-8-17-13/h3,5-6,9-10,13H,4,7-8H2,1-2H3. The maximum atomic E-state index is 12.2. The van der Waals surface area contributed by atoms with Crippen LogP contribution in [0.15, 0.2) is 24.3 Å². The molecule has 1 saturated heterocycles. The summed E-state index contributed by atoms with van der Waals surface area (Å²) >= 11 is 1.77. The normalized spacial score (nSPS) is 19.6. The van der Waals surface area contributed by atoms with E-state index in [1.165, 1.54) is 0 Å². The molecule has 0 aromatic heterocycles. The van der Waals surface area contributed by atoms with Crippen LogP contribution in [0.2, 0.25) is 0 Å². The van der Waals surface area contributed by atoms with Gasteiger partial charge in [0.1, 0.15) is 5.75 Å². The Hall–Kier alpha value is -0.960. The molecule has 0 aliphatic carbocycles. The predicted octanol–water partition coefficient (Wildman–Crippen LogP) is 3.55. The van der Waals surface area contributed by atoms with Gasteiger partial charge in [-0.05, 0) is 44.6 Å². The molecule has 0 bridgehead atoms. The van der Waals surface area contributed by atoms with E-state index in [0.717, 1.165) is 29.9 Å². The van der Waals surface area contributed by atoms with Gasteiger partial charge in [-0.3, -0.25) is 4.79 Å². The van der Waals surface area contributed by atoms with Gasteiger partial charge in [0.2, 0.25) is 0 Å². The van der Waals surface area contributed by atoms with Crippen LogP contribution in [0.25, 0.3) is 0 Å². The van der Waals surface area contributed by atoms with Crippen LogP contribution in [0.3, 0.4) is 0 Å². The van der Waals surface area contributed by atoms with Gasteiger partial charge in [0.25, 0.3) is 0 Å². The molecule has 0 saturated carbocycles. The highest BCUT2D eigenvalue weighted by molar-refractivity contribution is 8.00. The van der Waals surface area contributed by atoms with E-state index in [9.17, 15) is 4.79 Å². The maximum absolute atomic E-state index is 12.2. The summed E-state index contributed by atoms with van der Waals surface area (Å²) in [6.45, 7) is 3.97. The van der Waals surface area contributed by atoms with Crippen LogP contribution in [-0.4, -0.2) is 22.9 Å². The molecule has 1 unspecified atom stereocenters. The van der Waals surface area contributed by atoms with Crippen LogP contribution < -0.4 is 4.74 Å². The summed E-state index contributed by atoms with van der Waals surface area (Å²) in [7, 11) is 0. The zero-order chi connectivity index (χ0) is 12.3. The first-order valence-corrected chi connectivity index (χ1v) is 7.14. The van der Waals surface area contributed by atoms with Gasteiger partial charge < -0.3 is 4.74 Å². The van der Waals surface area contributed by atoms with Gasteiger partial charge >= 0.3 is 0 Å². The third-order valence-electron chi connectivity index (χ3n) is 2.71. The highest BCUT2D eigenvalue weighted by atomic mass is 32.2. The van der Waals surface area contributed by atoms with Crippen molar-refractivity contribution in [3.8, 4) is 5.75 Å². The average Bonchev–Trinajstić information content (AvgIpc) is 2.81. The maximum Gasteiger partial charge on any atom is 0.175 e. The molecule has 92 valence electrons. The van der Waals surface area contributed by atoms with Crippen molar-refractivity contribution in [3.05, 3.63) is 29.8 Å². The summed E-state index contributed by atoms with van der Waals surface area (Å²) < 4.78 is 5.61. The molecule has 2 rings (SSSR count). The topological polar surface area (TPSA) is 26.3 Å². The molecule has 3 heteroatoms. The van der Waals surface area contributed by atoms with E-state index in [2.05, 4.69) is 0 Å². The second-order valence-electron chi connectivity index (χ2n) is 4.56. The number of thioether (sulfide) groups is 1. The summed E-state index contributed by atoms with van der Waals surface area (Å²) in [5.74, 6) is 2.15. The minimum atomic E-state index is 0.140. The number of benzene rings is 1. The lowest BCUT2D eigenvalue weighted by molar-refractivity contribution is 0.0987. The highest BCUT2D eigenvalue weighted by Crippen LogP contribution is 2.29. The third-order valence-corrected chi connectivity index (χ3v) is 4.09. The molecule has 1 aliphatic heterocycles. The van der Waals surface area contributed by atoms with Gasteiger partial charge in [-0.2, -0.15) is 11.8 Å². The lowest BCUT2D eigenvalue weighted by atomic mass is 10.1. The molecule has 1 atom stereocenters. The van der Waals surface area contributed by atoms with Crippen LogP contribution in [0.5, 0.6) is 5.75 Å². The molecule has 0 amide bonds. The summed E-state index contributed by atoms with van der Waals surface area (Å²) in [6.07, 6.45) is 2.31. The first kappa shape index (κ1) is 12.5. The smallest absolute Gasteiger partial charge is 0.175 e. The number of rotatable bonds is 4. The highest BCUT2D eigenvalue weighted by Gasteiger charge is 2.24. The number of ether oxygens (including phenoxy) is 1. The van der Waals surface area contributed by atoms with Gasteiger partial charge in [-0.25, -0.2) is 0 Å². The zero-order valence-electron chi connectivity index (χ0n) is 10.3. The number of ketones is 1. The molecular formula is C14H18O2S. The van der Waals surface area contributed by atoms with E-state index in [1.807, 2.05) is 38.1 Å². The van der Waals surface area contributed by atoms with Crippen LogP contribution in [0.1, 0.15) is 37.0 Å².